The van der Waals surface area contributed by atoms with E-state index in [1.54, 1.807) is 0 Å². The number of ether oxygens (including phenoxy) is 1. The molecule has 1 N–H and O–H groups in total. The van der Waals surface area contributed by atoms with Crippen molar-refractivity contribution in [3.8, 4) is 0 Å². The number of carbonyl (C=O) groups excluding carboxylic acids is 1. The number of rotatable bonds is 2. The zero-order valence-corrected chi connectivity index (χ0v) is 6.69. The highest BCUT2D eigenvalue weighted by Gasteiger charge is 2.28. The number of hydrogen-bond donors (Lipinski definition) is 1. The molecule has 0 saturated carbocycles. The molecule has 0 aromatic rings. The minimum absolute atomic E-state index is 0.302. The van der Waals surface area contributed by atoms with E-state index < -0.39 is 6.29 Å². The van der Waals surface area contributed by atoms with Crippen LogP contribution in [0.1, 0.15) is 26.2 Å². The fourth-order valence-corrected chi connectivity index (χ4v) is 1.46. The fraction of sp³-hybridized carbons (Fsp3) is 0.875. The van der Waals surface area contributed by atoms with Crippen molar-refractivity contribution in [1.29, 1.82) is 0 Å². The third-order valence-corrected chi connectivity index (χ3v) is 2.22. The van der Waals surface area contributed by atoms with Gasteiger partial charge in [0.05, 0.1) is 0 Å². The highest BCUT2D eigenvalue weighted by atomic mass is 16.6. The van der Waals surface area contributed by atoms with Crippen LogP contribution in [0.25, 0.3) is 0 Å². The van der Waals surface area contributed by atoms with Crippen LogP contribution >= 0.6 is 0 Å². The van der Waals surface area contributed by atoms with Crippen LogP contribution in [0.4, 0.5) is 0 Å². The number of hydrogen-bond acceptors (Lipinski definition) is 3. The lowest BCUT2D eigenvalue weighted by Gasteiger charge is -2.30. The monoisotopic (exact) mass is 158 g/mol. The van der Waals surface area contributed by atoms with Crippen molar-refractivity contribution >= 4 is 6.29 Å². The lowest BCUT2D eigenvalue weighted by atomic mass is 9.92. The molecule has 1 aliphatic heterocycles. The molecule has 0 amide bonds. The molecule has 0 aromatic carbocycles. The predicted octanol–water partition coefficient (Wildman–Crippen LogP) is 0.709. The molecule has 3 unspecified atom stereocenters. The molecule has 0 radical (unpaired) electrons. The first-order valence-corrected chi connectivity index (χ1v) is 4.06. The summed E-state index contributed by atoms with van der Waals surface area (Å²) in [4.78, 5) is 10.4. The van der Waals surface area contributed by atoms with Gasteiger partial charge < -0.3 is 14.6 Å². The molecule has 3 nitrogen and oxygen atoms in total. The van der Waals surface area contributed by atoms with Crippen LogP contribution in [0.3, 0.4) is 0 Å². The zero-order valence-electron chi connectivity index (χ0n) is 6.69. The Labute approximate surface area is 66.4 Å². The van der Waals surface area contributed by atoms with Crippen molar-refractivity contribution in [3.63, 3.8) is 0 Å². The van der Waals surface area contributed by atoms with Crippen molar-refractivity contribution in [1.82, 2.24) is 0 Å². The molecule has 3 heteroatoms. The molecule has 0 spiro atoms. The van der Waals surface area contributed by atoms with E-state index in [0.29, 0.717) is 12.3 Å². The second-order valence-corrected chi connectivity index (χ2v) is 2.94. The van der Waals surface area contributed by atoms with Crippen molar-refractivity contribution in [2.24, 2.45) is 5.92 Å². The molecule has 64 valence electrons. The summed E-state index contributed by atoms with van der Waals surface area (Å²) < 4.78 is 5.03. The van der Waals surface area contributed by atoms with Crippen LogP contribution in [-0.4, -0.2) is 23.8 Å². The summed E-state index contributed by atoms with van der Waals surface area (Å²) in [6, 6.07) is 0. The van der Waals surface area contributed by atoms with E-state index in [9.17, 15) is 4.79 Å². The molecule has 3 atom stereocenters. The van der Waals surface area contributed by atoms with Gasteiger partial charge in [0.25, 0.3) is 0 Å². The average molecular weight is 158 g/mol. The third kappa shape index (κ3) is 2.01. The van der Waals surface area contributed by atoms with Gasteiger partial charge in [-0.3, -0.25) is 0 Å². The molecule has 11 heavy (non-hydrogen) atoms. The van der Waals surface area contributed by atoms with Crippen molar-refractivity contribution in [2.45, 2.75) is 38.6 Å². The SMILES string of the molecule is CCC1CCC(O)OC1C=O. The van der Waals surface area contributed by atoms with Gasteiger partial charge in [-0.05, 0) is 18.8 Å². The van der Waals surface area contributed by atoms with Gasteiger partial charge in [0, 0.05) is 0 Å². The summed E-state index contributed by atoms with van der Waals surface area (Å²) in [5.74, 6) is 0.302. The molecule has 0 aromatic heterocycles. The smallest absolute Gasteiger partial charge is 0.155 e. The van der Waals surface area contributed by atoms with Crippen LogP contribution in [0, 0.1) is 5.92 Å². The summed E-state index contributed by atoms with van der Waals surface area (Å²) in [6.07, 6.45) is 2.16. The number of aldehydes is 1. The largest absolute Gasteiger partial charge is 0.368 e. The van der Waals surface area contributed by atoms with Gasteiger partial charge in [-0.15, -0.1) is 0 Å². The zero-order chi connectivity index (χ0) is 8.27. The first-order chi connectivity index (χ1) is 5.27. The molecule has 1 saturated heterocycles. The fourth-order valence-electron chi connectivity index (χ4n) is 1.46. The lowest BCUT2D eigenvalue weighted by Crippen LogP contribution is -2.35. The van der Waals surface area contributed by atoms with Crippen molar-refractivity contribution < 1.29 is 14.6 Å². The quantitative estimate of drug-likeness (QED) is 0.602. The maximum atomic E-state index is 10.4. The molecule has 0 bridgehead atoms. The number of carbonyl (C=O) groups is 1. The van der Waals surface area contributed by atoms with E-state index in [0.717, 1.165) is 19.1 Å². The van der Waals surface area contributed by atoms with Gasteiger partial charge >= 0.3 is 0 Å². The first-order valence-electron chi connectivity index (χ1n) is 4.06. The first kappa shape index (κ1) is 8.68. The Morgan fingerprint density at radius 1 is 1.64 bits per heavy atom. The Kier molecular flexibility index (Phi) is 3.02. The van der Waals surface area contributed by atoms with E-state index in [2.05, 4.69) is 0 Å². The van der Waals surface area contributed by atoms with E-state index >= 15 is 0 Å². The molecule has 0 aliphatic carbocycles. The van der Waals surface area contributed by atoms with Crippen LogP contribution in [0.5, 0.6) is 0 Å². The highest BCUT2D eigenvalue weighted by molar-refractivity contribution is 5.56. The van der Waals surface area contributed by atoms with Gasteiger partial charge in [-0.1, -0.05) is 13.3 Å². The van der Waals surface area contributed by atoms with Crippen LogP contribution in [0.15, 0.2) is 0 Å². The highest BCUT2D eigenvalue weighted by Crippen LogP contribution is 2.25. The van der Waals surface area contributed by atoms with E-state index in [-0.39, 0.29) is 6.10 Å². The standard InChI is InChI=1S/C8H14O3/c1-2-6-3-4-8(10)11-7(6)5-9/h5-8,10H,2-4H2,1H3. The Bertz CT molecular complexity index is 135. The minimum atomic E-state index is -0.729. The lowest BCUT2D eigenvalue weighted by molar-refractivity contribution is -0.181. The maximum absolute atomic E-state index is 10.4. The van der Waals surface area contributed by atoms with Crippen LogP contribution in [-0.2, 0) is 9.53 Å². The Hall–Kier alpha value is -0.410. The predicted molar refractivity (Wildman–Crippen MR) is 40.0 cm³/mol. The Balaban J connectivity index is 2.47. The van der Waals surface area contributed by atoms with Gasteiger partial charge in [0.1, 0.15) is 12.4 Å². The summed E-state index contributed by atoms with van der Waals surface area (Å²) in [5.41, 5.74) is 0. The normalized spacial score (nSPS) is 38.5. The van der Waals surface area contributed by atoms with Crippen molar-refractivity contribution in [3.05, 3.63) is 0 Å². The molecular formula is C8H14O3. The molecule has 1 aliphatic rings. The topological polar surface area (TPSA) is 46.5 Å². The van der Waals surface area contributed by atoms with Gasteiger partial charge in [0.2, 0.25) is 0 Å². The second-order valence-electron chi connectivity index (χ2n) is 2.94. The van der Waals surface area contributed by atoms with Gasteiger partial charge in [-0.25, -0.2) is 0 Å². The van der Waals surface area contributed by atoms with E-state index in [1.165, 1.54) is 0 Å². The third-order valence-electron chi connectivity index (χ3n) is 2.22. The minimum Gasteiger partial charge on any atom is -0.368 e. The maximum Gasteiger partial charge on any atom is 0.155 e. The number of aliphatic hydroxyl groups is 1. The van der Waals surface area contributed by atoms with Crippen molar-refractivity contribution in [2.75, 3.05) is 0 Å². The molecule has 1 heterocycles. The summed E-state index contributed by atoms with van der Waals surface area (Å²) in [5, 5.41) is 9.04. The Morgan fingerprint density at radius 2 is 2.36 bits per heavy atom. The second kappa shape index (κ2) is 3.83. The van der Waals surface area contributed by atoms with Gasteiger partial charge in [-0.2, -0.15) is 0 Å². The van der Waals surface area contributed by atoms with Crippen LogP contribution < -0.4 is 0 Å². The van der Waals surface area contributed by atoms with Gasteiger partial charge in [0.15, 0.2) is 6.29 Å². The molecule has 1 fully saturated rings. The number of aliphatic hydroxyl groups excluding tert-OH is 1. The summed E-state index contributed by atoms with van der Waals surface area (Å²) in [6.45, 7) is 2.03. The summed E-state index contributed by atoms with van der Waals surface area (Å²) in [7, 11) is 0. The van der Waals surface area contributed by atoms with E-state index in [4.69, 9.17) is 9.84 Å². The summed E-state index contributed by atoms with van der Waals surface area (Å²) >= 11 is 0. The molecular weight excluding hydrogens is 144 g/mol. The molecule has 1 rings (SSSR count). The van der Waals surface area contributed by atoms with E-state index in [1.807, 2.05) is 6.92 Å². The Morgan fingerprint density at radius 3 is 2.91 bits per heavy atom. The van der Waals surface area contributed by atoms with Crippen LogP contribution in [0.2, 0.25) is 0 Å². The average Bonchev–Trinajstić information content (AvgIpc) is 2.04.